The van der Waals surface area contributed by atoms with E-state index in [9.17, 15) is 14.0 Å². The molecule has 0 aliphatic heterocycles. The fourth-order valence-corrected chi connectivity index (χ4v) is 3.29. The summed E-state index contributed by atoms with van der Waals surface area (Å²) in [5, 5.41) is 2.72. The number of benzene rings is 2. The van der Waals surface area contributed by atoms with E-state index in [0.717, 1.165) is 11.3 Å². The van der Waals surface area contributed by atoms with E-state index < -0.39 is 5.82 Å². The van der Waals surface area contributed by atoms with Crippen molar-refractivity contribution in [3.05, 3.63) is 72.6 Å². The minimum atomic E-state index is -0.510. The van der Waals surface area contributed by atoms with E-state index in [2.05, 4.69) is 15.3 Å². The number of carbonyl (C=O) groups excluding carboxylic acids is 2. The lowest BCUT2D eigenvalue weighted by Crippen LogP contribution is -2.27. The van der Waals surface area contributed by atoms with Gasteiger partial charge in [-0.3, -0.25) is 14.0 Å². The van der Waals surface area contributed by atoms with E-state index in [1.54, 1.807) is 36.0 Å². The average molecular weight is 433 g/mol. The van der Waals surface area contributed by atoms with Crippen molar-refractivity contribution in [3.8, 4) is 17.0 Å². The van der Waals surface area contributed by atoms with Crippen molar-refractivity contribution in [1.82, 2.24) is 14.4 Å². The van der Waals surface area contributed by atoms with Crippen LogP contribution in [0.4, 0.5) is 15.8 Å². The Hall–Kier alpha value is -4.27. The Bertz CT molecular complexity index is 1320. The fraction of sp³-hybridized carbons (Fsp3) is 0.130. The second kappa shape index (κ2) is 8.46. The molecule has 0 spiro atoms. The number of methoxy groups -OCH3 is 1. The van der Waals surface area contributed by atoms with Crippen LogP contribution < -0.4 is 15.0 Å². The molecule has 0 saturated carbocycles. The third-order valence-corrected chi connectivity index (χ3v) is 4.94. The number of rotatable bonds is 5. The minimum Gasteiger partial charge on any atom is -0.494 e. The molecule has 1 N–H and O–H groups in total. The molecule has 0 saturated heterocycles. The molecule has 0 atom stereocenters. The number of fused-ring (bicyclic) bond motifs is 1. The van der Waals surface area contributed by atoms with Crippen molar-refractivity contribution in [2.75, 3.05) is 24.4 Å². The van der Waals surface area contributed by atoms with Gasteiger partial charge < -0.3 is 15.0 Å². The van der Waals surface area contributed by atoms with Crippen LogP contribution in [0.1, 0.15) is 17.4 Å². The highest BCUT2D eigenvalue weighted by molar-refractivity contribution is 6.04. The summed E-state index contributed by atoms with van der Waals surface area (Å²) < 4.78 is 20.5. The maximum absolute atomic E-state index is 13.7. The van der Waals surface area contributed by atoms with E-state index in [0.29, 0.717) is 17.0 Å². The summed E-state index contributed by atoms with van der Waals surface area (Å²) in [6.07, 6.45) is 4.81. The molecule has 4 aromatic rings. The van der Waals surface area contributed by atoms with Crippen molar-refractivity contribution < 1.29 is 18.7 Å². The number of hydrogen-bond donors (Lipinski definition) is 1. The van der Waals surface area contributed by atoms with Gasteiger partial charge in [-0.1, -0.05) is 12.1 Å². The molecule has 0 unspecified atom stereocenters. The maximum atomic E-state index is 13.7. The number of halogens is 1. The van der Waals surface area contributed by atoms with Gasteiger partial charge in [0, 0.05) is 43.2 Å². The van der Waals surface area contributed by atoms with Gasteiger partial charge in [0.25, 0.3) is 5.91 Å². The molecule has 2 aromatic heterocycles. The van der Waals surface area contributed by atoms with Crippen LogP contribution in [-0.4, -0.2) is 40.3 Å². The van der Waals surface area contributed by atoms with Crippen molar-refractivity contribution in [2.45, 2.75) is 6.92 Å². The summed E-state index contributed by atoms with van der Waals surface area (Å²) in [4.78, 5) is 34.2. The smallest absolute Gasteiger partial charge is 0.278 e. The number of anilines is 2. The Morgan fingerprint density at radius 1 is 1.09 bits per heavy atom. The number of carbonyl (C=O) groups is 2. The standard InChI is InChI=1S/C23H20FN5O3/c1-14(30)27-16-6-4-15(5-7-16)20-11-26-22-12-25-19(13-29(20)22)23(31)28(2)17-8-9-18(24)21(10-17)32-3/h4-13H,1-3H3,(H,27,30). The summed E-state index contributed by atoms with van der Waals surface area (Å²) in [6, 6.07) is 11.5. The normalized spacial score (nSPS) is 10.8. The van der Waals surface area contributed by atoms with E-state index in [-0.39, 0.29) is 23.3 Å². The van der Waals surface area contributed by atoms with Crippen LogP contribution >= 0.6 is 0 Å². The molecule has 0 aliphatic rings. The first-order valence-corrected chi connectivity index (χ1v) is 9.70. The molecular weight excluding hydrogens is 413 g/mol. The van der Waals surface area contributed by atoms with E-state index in [1.807, 2.05) is 12.1 Å². The minimum absolute atomic E-state index is 0.0465. The third-order valence-electron chi connectivity index (χ3n) is 4.94. The van der Waals surface area contributed by atoms with Crippen LogP contribution in [-0.2, 0) is 4.79 Å². The summed E-state index contributed by atoms with van der Waals surface area (Å²) in [5.74, 6) is -0.986. The predicted octanol–water partition coefficient (Wildman–Crippen LogP) is 3.78. The van der Waals surface area contributed by atoms with E-state index in [1.165, 1.54) is 43.3 Å². The molecule has 8 nitrogen and oxygen atoms in total. The van der Waals surface area contributed by atoms with Crippen LogP contribution in [0.15, 0.2) is 61.1 Å². The van der Waals surface area contributed by atoms with Crippen LogP contribution in [0.25, 0.3) is 16.9 Å². The zero-order valence-corrected chi connectivity index (χ0v) is 17.7. The Kier molecular flexibility index (Phi) is 5.55. The molecule has 2 aromatic carbocycles. The summed E-state index contributed by atoms with van der Waals surface area (Å²) in [7, 11) is 2.94. The first-order chi connectivity index (χ1) is 15.4. The van der Waals surface area contributed by atoms with Gasteiger partial charge in [-0.15, -0.1) is 0 Å². The van der Waals surface area contributed by atoms with Crippen LogP contribution in [0.5, 0.6) is 5.75 Å². The molecule has 0 radical (unpaired) electrons. The second-order valence-corrected chi connectivity index (χ2v) is 7.09. The number of ether oxygens (including phenoxy) is 1. The van der Waals surface area contributed by atoms with Gasteiger partial charge in [0.2, 0.25) is 5.91 Å². The van der Waals surface area contributed by atoms with Crippen molar-refractivity contribution in [2.24, 2.45) is 0 Å². The zero-order chi connectivity index (χ0) is 22.8. The lowest BCUT2D eigenvalue weighted by atomic mass is 10.1. The molecule has 2 heterocycles. The number of aromatic nitrogens is 3. The largest absolute Gasteiger partial charge is 0.494 e. The van der Waals surface area contributed by atoms with Crippen LogP contribution in [0.2, 0.25) is 0 Å². The Morgan fingerprint density at radius 2 is 1.84 bits per heavy atom. The first-order valence-electron chi connectivity index (χ1n) is 9.70. The third kappa shape index (κ3) is 4.00. The van der Waals surface area contributed by atoms with Gasteiger partial charge in [0.15, 0.2) is 17.2 Å². The summed E-state index contributed by atoms with van der Waals surface area (Å²) in [5.41, 5.74) is 3.54. The number of nitrogens with one attached hydrogen (secondary N) is 1. The van der Waals surface area contributed by atoms with Crippen molar-refractivity contribution in [1.29, 1.82) is 0 Å². The number of amides is 2. The van der Waals surface area contributed by atoms with Crippen molar-refractivity contribution in [3.63, 3.8) is 0 Å². The second-order valence-electron chi connectivity index (χ2n) is 7.09. The van der Waals surface area contributed by atoms with Gasteiger partial charge in [0.1, 0.15) is 5.69 Å². The molecule has 0 aliphatic carbocycles. The summed E-state index contributed by atoms with van der Waals surface area (Å²) >= 11 is 0. The topological polar surface area (TPSA) is 88.8 Å². The SMILES string of the molecule is COc1cc(N(C)C(=O)c2cn3c(-c4ccc(NC(C)=O)cc4)cnc3cn2)ccc1F. The predicted molar refractivity (Wildman–Crippen MR) is 118 cm³/mol. The molecule has 2 amide bonds. The van der Waals surface area contributed by atoms with Gasteiger partial charge in [-0.2, -0.15) is 0 Å². The highest BCUT2D eigenvalue weighted by Gasteiger charge is 2.18. The zero-order valence-electron chi connectivity index (χ0n) is 17.7. The molecular formula is C23H20FN5O3. The maximum Gasteiger partial charge on any atom is 0.278 e. The van der Waals surface area contributed by atoms with Crippen LogP contribution in [0, 0.1) is 5.82 Å². The summed E-state index contributed by atoms with van der Waals surface area (Å²) in [6.45, 7) is 1.45. The van der Waals surface area contributed by atoms with Crippen molar-refractivity contribution >= 4 is 28.8 Å². The lowest BCUT2D eigenvalue weighted by Gasteiger charge is -2.18. The van der Waals surface area contributed by atoms with E-state index >= 15 is 0 Å². The van der Waals surface area contributed by atoms with Crippen LogP contribution in [0.3, 0.4) is 0 Å². The van der Waals surface area contributed by atoms with E-state index in [4.69, 9.17) is 4.74 Å². The quantitative estimate of drug-likeness (QED) is 0.518. The van der Waals surface area contributed by atoms with Gasteiger partial charge >= 0.3 is 0 Å². The molecule has 162 valence electrons. The molecule has 4 rings (SSSR count). The Labute approximate surface area is 183 Å². The average Bonchev–Trinajstić information content (AvgIpc) is 3.22. The highest BCUT2D eigenvalue weighted by atomic mass is 19.1. The number of nitrogens with zero attached hydrogens (tertiary/aromatic N) is 4. The van der Waals surface area contributed by atoms with Gasteiger partial charge in [-0.25, -0.2) is 14.4 Å². The molecule has 0 fully saturated rings. The van der Waals surface area contributed by atoms with Gasteiger partial charge in [-0.05, 0) is 24.3 Å². The van der Waals surface area contributed by atoms with Gasteiger partial charge in [0.05, 0.1) is 25.2 Å². The molecule has 32 heavy (non-hydrogen) atoms. The molecule has 0 bridgehead atoms. The lowest BCUT2D eigenvalue weighted by molar-refractivity contribution is -0.114. The Morgan fingerprint density at radius 3 is 2.53 bits per heavy atom. The number of imidazole rings is 1. The fourth-order valence-electron chi connectivity index (χ4n) is 3.29. The Balaban J connectivity index is 1.66. The highest BCUT2D eigenvalue weighted by Crippen LogP contribution is 2.26. The number of hydrogen-bond acceptors (Lipinski definition) is 5. The monoisotopic (exact) mass is 433 g/mol. The molecule has 9 heteroatoms. The first kappa shape index (κ1) is 21.0.